The molecular formula is C13H9BrFNO3. The molecule has 0 spiro atoms. The van der Waals surface area contributed by atoms with Gasteiger partial charge in [0.15, 0.2) is 0 Å². The molecule has 0 bridgehead atoms. The number of hydrogen-bond donors (Lipinski definition) is 1. The van der Waals surface area contributed by atoms with E-state index in [4.69, 9.17) is 9.84 Å². The number of aromatic nitrogens is 1. The number of hydrogen-bond acceptors (Lipinski definition) is 3. The third-order valence-corrected chi connectivity index (χ3v) is 2.96. The Morgan fingerprint density at radius 3 is 2.74 bits per heavy atom. The van der Waals surface area contributed by atoms with Crippen molar-refractivity contribution in [3.63, 3.8) is 0 Å². The van der Waals surface area contributed by atoms with Crippen LogP contribution in [0.4, 0.5) is 4.39 Å². The third kappa shape index (κ3) is 3.51. The Morgan fingerprint density at radius 1 is 1.37 bits per heavy atom. The highest BCUT2D eigenvalue weighted by Crippen LogP contribution is 2.22. The number of carboxylic acid groups (broad SMARTS) is 1. The minimum Gasteiger partial charge on any atom is -0.487 e. The van der Waals surface area contributed by atoms with Gasteiger partial charge >= 0.3 is 5.97 Å². The fourth-order valence-electron chi connectivity index (χ4n) is 1.36. The zero-order valence-corrected chi connectivity index (χ0v) is 11.2. The summed E-state index contributed by atoms with van der Waals surface area (Å²) < 4.78 is 18.8. The van der Waals surface area contributed by atoms with Crippen molar-refractivity contribution >= 4 is 21.9 Å². The molecule has 0 radical (unpaired) electrons. The number of carbonyl (C=O) groups is 1. The molecular weight excluding hydrogens is 317 g/mol. The summed E-state index contributed by atoms with van der Waals surface area (Å²) in [7, 11) is 0. The zero-order valence-electron chi connectivity index (χ0n) is 9.64. The van der Waals surface area contributed by atoms with Gasteiger partial charge in [0.1, 0.15) is 18.2 Å². The van der Waals surface area contributed by atoms with E-state index in [0.717, 1.165) is 0 Å². The van der Waals surface area contributed by atoms with E-state index in [1.165, 1.54) is 30.5 Å². The summed E-state index contributed by atoms with van der Waals surface area (Å²) in [4.78, 5) is 14.6. The van der Waals surface area contributed by atoms with Gasteiger partial charge in [-0.1, -0.05) is 0 Å². The van der Waals surface area contributed by atoms with Crippen LogP contribution in [0.2, 0.25) is 0 Å². The van der Waals surface area contributed by atoms with Gasteiger partial charge in [-0.25, -0.2) is 9.18 Å². The van der Waals surface area contributed by atoms with E-state index >= 15 is 0 Å². The van der Waals surface area contributed by atoms with Crippen molar-refractivity contribution in [2.75, 3.05) is 0 Å². The molecule has 98 valence electrons. The quantitative estimate of drug-likeness (QED) is 0.937. The van der Waals surface area contributed by atoms with Crippen LogP contribution in [0, 0.1) is 5.82 Å². The zero-order chi connectivity index (χ0) is 13.8. The van der Waals surface area contributed by atoms with Crippen molar-refractivity contribution in [1.29, 1.82) is 0 Å². The van der Waals surface area contributed by atoms with Gasteiger partial charge < -0.3 is 9.84 Å². The average molecular weight is 326 g/mol. The van der Waals surface area contributed by atoms with Crippen LogP contribution in [0.15, 0.2) is 41.0 Å². The van der Waals surface area contributed by atoms with Gasteiger partial charge in [0.2, 0.25) is 0 Å². The molecule has 6 heteroatoms. The lowest BCUT2D eigenvalue weighted by molar-refractivity contribution is 0.0696. The summed E-state index contributed by atoms with van der Waals surface area (Å²) in [5.41, 5.74) is 0.707. The molecule has 4 nitrogen and oxygen atoms in total. The summed E-state index contributed by atoms with van der Waals surface area (Å²) in [6, 6.07) is 7.34. The highest BCUT2D eigenvalue weighted by molar-refractivity contribution is 9.10. The number of pyridine rings is 1. The van der Waals surface area contributed by atoms with Crippen molar-refractivity contribution in [2.24, 2.45) is 0 Å². The van der Waals surface area contributed by atoms with E-state index < -0.39 is 5.97 Å². The second kappa shape index (κ2) is 5.79. The first-order valence-corrected chi connectivity index (χ1v) is 6.11. The molecule has 0 fully saturated rings. The number of ether oxygens (including phenoxy) is 1. The maximum atomic E-state index is 13.0. The van der Waals surface area contributed by atoms with Crippen LogP contribution in [-0.2, 0) is 6.61 Å². The number of rotatable bonds is 4. The van der Waals surface area contributed by atoms with Gasteiger partial charge in [0, 0.05) is 6.20 Å². The molecule has 0 aliphatic rings. The van der Waals surface area contributed by atoms with Crippen molar-refractivity contribution in [1.82, 2.24) is 4.98 Å². The molecule has 1 aromatic carbocycles. The normalized spacial score (nSPS) is 10.2. The summed E-state index contributed by atoms with van der Waals surface area (Å²) in [6.07, 6.45) is 1.27. The van der Waals surface area contributed by atoms with Gasteiger partial charge in [0.05, 0.1) is 15.7 Å². The van der Waals surface area contributed by atoms with Crippen LogP contribution < -0.4 is 4.74 Å². The fraction of sp³-hybridized carbons (Fsp3) is 0.0769. The molecule has 19 heavy (non-hydrogen) atoms. The maximum Gasteiger partial charge on any atom is 0.337 e. The molecule has 1 heterocycles. The van der Waals surface area contributed by atoms with E-state index in [-0.39, 0.29) is 18.0 Å². The Morgan fingerprint density at radius 2 is 2.16 bits per heavy atom. The topological polar surface area (TPSA) is 59.4 Å². The predicted molar refractivity (Wildman–Crippen MR) is 69.6 cm³/mol. The number of halogens is 2. The molecule has 0 aliphatic heterocycles. The van der Waals surface area contributed by atoms with Crippen LogP contribution in [0.3, 0.4) is 0 Å². The van der Waals surface area contributed by atoms with E-state index in [0.29, 0.717) is 15.9 Å². The molecule has 2 rings (SSSR count). The van der Waals surface area contributed by atoms with Crippen LogP contribution in [0.5, 0.6) is 5.75 Å². The predicted octanol–water partition coefficient (Wildman–Crippen LogP) is 3.26. The summed E-state index contributed by atoms with van der Waals surface area (Å²) in [5, 5.41) is 8.73. The average Bonchev–Trinajstić information content (AvgIpc) is 2.40. The Kier molecular flexibility index (Phi) is 4.11. The maximum absolute atomic E-state index is 13.0. The molecule has 0 aliphatic carbocycles. The van der Waals surface area contributed by atoms with Gasteiger partial charge in [-0.05, 0) is 46.3 Å². The molecule has 0 atom stereocenters. The first-order valence-electron chi connectivity index (χ1n) is 5.32. The number of benzene rings is 1. The first kappa shape index (κ1) is 13.5. The van der Waals surface area contributed by atoms with E-state index in [1.807, 2.05) is 0 Å². The third-order valence-electron chi connectivity index (χ3n) is 2.35. The monoisotopic (exact) mass is 325 g/mol. The molecule has 0 saturated heterocycles. The lowest BCUT2D eigenvalue weighted by Crippen LogP contribution is -2.01. The molecule has 2 aromatic rings. The van der Waals surface area contributed by atoms with E-state index in [1.54, 1.807) is 6.07 Å². The SMILES string of the molecule is O=C(O)c1ccc(COc2ccc(F)c(Br)c2)nc1. The number of aromatic carboxylic acids is 1. The molecule has 1 N–H and O–H groups in total. The van der Waals surface area contributed by atoms with Gasteiger partial charge in [-0.3, -0.25) is 4.98 Å². The first-order chi connectivity index (χ1) is 9.06. The van der Waals surface area contributed by atoms with Crippen molar-refractivity contribution in [3.8, 4) is 5.75 Å². The van der Waals surface area contributed by atoms with Crippen molar-refractivity contribution in [2.45, 2.75) is 6.61 Å². The molecule has 0 amide bonds. The molecule has 1 aromatic heterocycles. The fourth-order valence-corrected chi connectivity index (χ4v) is 1.72. The minimum absolute atomic E-state index is 0.119. The number of nitrogens with zero attached hydrogens (tertiary/aromatic N) is 1. The Bertz CT molecular complexity index is 601. The summed E-state index contributed by atoms with van der Waals surface area (Å²) in [6.45, 7) is 0.179. The largest absolute Gasteiger partial charge is 0.487 e. The van der Waals surface area contributed by atoms with Crippen molar-refractivity contribution in [3.05, 3.63) is 58.1 Å². The van der Waals surface area contributed by atoms with Crippen LogP contribution >= 0.6 is 15.9 Å². The Hall–Kier alpha value is -1.95. The molecule has 0 unspecified atom stereocenters. The van der Waals surface area contributed by atoms with E-state index in [2.05, 4.69) is 20.9 Å². The second-order valence-corrected chi connectivity index (χ2v) is 4.56. The van der Waals surface area contributed by atoms with Crippen molar-refractivity contribution < 1.29 is 19.0 Å². The van der Waals surface area contributed by atoms with Gasteiger partial charge in [-0.15, -0.1) is 0 Å². The highest BCUT2D eigenvalue weighted by atomic mass is 79.9. The van der Waals surface area contributed by atoms with Gasteiger partial charge in [-0.2, -0.15) is 0 Å². The lowest BCUT2D eigenvalue weighted by atomic mass is 10.2. The number of carboxylic acids is 1. The minimum atomic E-state index is -1.03. The van der Waals surface area contributed by atoms with Gasteiger partial charge in [0.25, 0.3) is 0 Å². The molecule has 0 saturated carbocycles. The van der Waals surface area contributed by atoms with E-state index in [9.17, 15) is 9.18 Å². The standard InChI is InChI=1S/C13H9BrFNO3/c14-11-5-10(3-4-12(11)15)19-7-9-2-1-8(6-16-9)13(17)18/h1-6H,7H2,(H,17,18). The van der Waals surface area contributed by atoms with Crippen LogP contribution in [0.25, 0.3) is 0 Å². The summed E-state index contributed by atoms with van der Waals surface area (Å²) in [5.74, 6) is -0.892. The smallest absolute Gasteiger partial charge is 0.337 e. The summed E-state index contributed by atoms with van der Waals surface area (Å²) >= 11 is 3.06. The highest BCUT2D eigenvalue weighted by Gasteiger charge is 2.05. The lowest BCUT2D eigenvalue weighted by Gasteiger charge is -2.06. The Labute approximate surface area is 117 Å². The van der Waals surface area contributed by atoms with Crippen LogP contribution in [0.1, 0.15) is 16.1 Å². The second-order valence-electron chi connectivity index (χ2n) is 3.71. The Balaban J connectivity index is 2.01. The van der Waals surface area contributed by atoms with Crippen LogP contribution in [-0.4, -0.2) is 16.1 Å².